The summed E-state index contributed by atoms with van der Waals surface area (Å²) in [5.74, 6) is 1.72. The SMILES string of the molecule is CCCNc1nccn1-c1ccccc1OCC. The number of para-hydroxylation sites is 2. The number of hydrogen-bond acceptors (Lipinski definition) is 3. The molecule has 2 rings (SSSR count). The molecule has 96 valence electrons. The average Bonchev–Trinajstić information content (AvgIpc) is 2.85. The van der Waals surface area contributed by atoms with E-state index in [1.807, 2.05) is 42.0 Å². The Morgan fingerprint density at radius 1 is 1.28 bits per heavy atom. The molecule has 0 saturated heterocycles. The van der Waals surface area contributed by atoms with Crippen molar-refractivity contribution in [2.24, 2.45) is 0 Å². The Hall–Kier alpha value is -1.97. The Morgan fingerprint density at radius 2 is 2.11 bits per heavy atom. The molecule has 4 nitrogen and oxygen atoms in total. The molecule has 0 aliphatic heterocycles. The maximum atomic E-state index is 5.64. The molecule has 1 heterocycles. The predicted molar refractivity (Wildman–Crippen MR) is 73.5 cm³/mol. The van der Waals surface area contributed by atoms with Gasteiger partial charge in [0.15, 0.2) is 0 Å². The molecular weight excluding hydrogens is 226 g/mol. The fraction of sp³-hybridized carbons (Fsp3) is 0.357. The first-order chi connectivity index (χ1) is 8.86. The number of nitrogens with one attached hydrogen (secondary N) is 1. The van der Waals surface area contributed by atoms with E-state index in [2.05, 4.69) is 17.2 Å². The van der Waals surface area contributed by atoms with E-state index < -0.39 is 0 Å². The molecule has 0 spiro atoms. The van der Waals surface area contributed by atoms with Crippen LogP contribution >= 0.6 is 0 Å². The van der Waals surface area contributed by atoms with E-state index in [4.69, 9.17) is 4.74 Å². The van der Waals surface area contributed by atoms with Crippen molar-refractivity contribution in [2.75, 3.05) is 18.5 Å². The minimum atomic E-state index is 0.656. The number of ether oxygens (including phenoxy) is 1. The Balaban J connectivity index is 2.33. The number of anilines is 1. The molecule has 4 heteroatoms. The third kappa shape index (κ3) is 2.64. The number of rotatable bonds is 6. The Bertz CT molecular complexity index is 493. The molecule has 0 bridgehead atoms. The van der Waals surface area contributed by atoms with Crippen LogP contribution in [0.15, 0.2) is 36.7 Å². The van der Waals surface area contributed by atoms with Crippen molar-refractivity contribution in [1.29, 1.82) is 0 Å². The summed E-state index contributed by atoms with van der Waals surface area (Å²) in [6.07, 6.45) is 4.80. The normalized spacial score (nSPS) is 10.3. The topological polar surface area (TPSA) is 39.1 Å². The molecule has 0 atom stereocenters. The highest BCUT2D eigenvalue weighted by molar-refractivity contribution is 5.51. The van der Waals surface area contributed by atoms with Crippen LogP contribution in [-0.2, 0) is 0 Å². The fourth-order valence-electron chi connectivity index (χ4n) is 1.80. The van der Waals surface area contributed by atoms with Gasteiger partial charge in [0.05, 0.1) is 12.3 Å². The highest BCUT2D eigenvalue weighted by Gasteiger charge is 2.08. The number of hydrogen-bond donors (Lipinski definition) is 1. The minimum Gasteiger partial charge on any atom is -0.492 e. The van der Waals surface area contributed by atoms with Crippen molar-refractivity contribution in [3.8, 4) is 11.4 Å². The summed E-state index contributed by atoms with van der Waals surface area (Å²) in [5.41, 5.74) is 1.01. The van der Waals surface area contributed by atoms with Crippen LogP contribution in [0, 0.1) is 0 Å². The molecule has 0 saturated carbocycles. The van der Waals surface area contributed by atoms with Crippen molar-refractivity contribution in [3.63, 3.8) is 0 Å². The second-order valence-electron chi connectivity index (χ2n) is 3.95. The quantitative estimate of drug-likeness (QED) is 0.850. The van der Waals surface area contributed by atoms with E-state index in [1.54, 1.807) is 6.20 Å². The number of nitrogens with zero attached hydrogens (tertiary/aromatic N) is 2. The van der Waals surface area contributed by atoms with Gasteiger partial charge in [0.2, 0.25) is 5.95 Å². The zero-order valence-electron chi connectivity index (χ0n) is 10.9. The molecule has 0 fully saturated rings. The third-order valence-electron chi connectivity index (χ3n) is 2.60. The molecule has 1 N–H and O–H groups in total. The lowest BCUT2D eigenvalue weighted by Crippen LogP contribution is -2.07. The van der Waals surface area contributed by atoms with Gasteiger partial charge in [0.1, 0.15) is 5.75 Å². The van der Waals surface area contributed by atoms with E-state index >= 15 is 0 Å². The van der Waals surface area contributed by atoms with Gasteiger partial charge in [-0.15, -0.1) is 0 Å². The Kier molecular flexibility index (Phi) is 4.23. The summed E-state index contributed by atoms with van der Waals surface area (Å²) in [5, 5.41) is 3.31. The molecular formula is C14H19N3O. The highest BCUT2D eigenvalue weighted by atomic mass is 16.5. The van der Waals surface area contributed by atoms with E-state index in [-0.39, 0.29) is 0 Å². The third-order valence-corrected chi connectivity index (χ3v) is 2.60. The number of benzene rings is 1. The maximum Gasteiger partial charge on any atom is 0.207 e. The van der Waals surface area contributed by atoms with Gasteiger partial charge in [-0.25, -0.2) is 4.98 Å². The van der Waals surface area contributed by atoms with Gasteiger partial charge in [-0.05, 0) is 25.5 Å². The first-order valence-electron chi connectivity index (χ1n) is 6.36. The number of imidazole rings is 1. The van der Waals surface area contributed by atoms with Crippen LogP contribution in [0.1, 0.15) is 20.3 Å². The van der Waals surface area contributed by atoms with Crippen molar-refractivity contribution in [1.82, 2.24) is 9.55 Å². The molecule has 1 aromatic carbocycles. The second-order valence-corrected chi connectivity index (χ2v) is 3.95. The molecule has 0 unspecified atom stereocenters. The van der Waals surface area contributed by atoms with E-state index in [0.717, 1.165) is 30.4 Å². The lowest BCUT2D eigenvalue weighted by molar-refractivity contribution is 0.339. The number of aromatic nitrogens is 2. The summed E-state index contributed by atoms with van der Waals surface area (Å²) < 4.78 is 7.66. The van der Waals surface area contributed by atoms with Crippen LogP contribution in [0.2, 0.25) is 0 Å². The monoisotopic (exact) mass is 245 g/mol. The molecule has 18 heavy (non-hydrogen) atoms. The van der Waals surface area contributed by atoms with Crippen LogP contribution in [-0.4, -0.2) is 22.7 Å². The van der Waals surface area contributed by atoms with Gasteiger partial charge >= 0.3 is 0 Å². The van der Waals surface area contributed by atoms with Gasteiger partial charge in [0, 0.05) is 18.9 Å². The molecule has 2 aromatic rings. The van der Waals surface area contributed by atoms with E-state index in [9.17, 15) is 0 Å². The maximum absolute atomic E-state index is 5.64. The van der Waals surface area contributed by atoms with Crippen LogP contribution in [0.3, 0.4) is 0 Å². The predicted octanol–water partition coefficient (Wildman–Crippen LogP) is 3.09. The first-order valence-corrected chi connectivity index (χ1v) is 6.36. The van der Waals surface area contributed by atoms with Crippen LogP contribution in [0.4, 0.5) is 5.95 Å². The summed E-state index contributed by atoms with van der Waals surface area (Å²) in [7, 11) is 0. The largest absolute Gasteiger partial charge is 0.492 e. The van der Waals surface area contributed by atoms with Crippen molar-refractivity contribution in [2.45, 2.75) is 20.3 Å². The summed E-state index contributed by atoms with van der Waals surface area (Å²) in [6, 6.07) is 7.98. The highest BCUT2D eigenvalue weighted by Crippen LogP contribution is 2.25. The van der Waals surface area contributed by atoms with Crippen molar-refractivity contribution >= 4 is 5.95 Å². The average molecular weight is 245 g/mol. The molecule has 0 aliphatic carbocycles. The van der Waals surface area contributed by atoms with Gasteiger partial charge in [-0.1, -0.05) is 19.1 Å². The van der Waals surface area contributed by atoms with E-state index in [1.165, 1.54) is 0 Å². The molecule has 0 radical (unpaired) electrons. The van der Waals surface area contributed by atoms with Crippen LogP contribution < -0.4 is 10.1 Å². The van der Waals surface area contributed by atoms with E-state index in [0.29, 0.717) is 6.61 Å². The van der Waals surface area contributed by atoms with Crippen molar-refractivity contribution < 1.29 is 4.74 Å². The van der Waals surface area contributed by atoms with Crippen molar-refractivity contribution in [3.05, 3.63) is 36.7 Å². The zero-order valence-corrected chi connectivity index (χ0v) is 10.9. The molecule has 1 aromatic heterocycles. The zero-order chi connectivity index (χ0) is 12.8. The first kappa shape index (κ1) is 12.5. The summed E-state index contributed by atoms with van der Waals surface area (Å²) in [6.45, 7) is 5.69. The minimum absolute atomic E-state index is 0.656. The molecule has 0 aliphatic rings. The Labute approximate surface area is 108 Å². The lowest BCUT2D eigenvalue weighted by Gasteiger charge is -2.13. The van der Waals surface area contributed by atoms with Crippen LogP contribution in [0.25, 0.3) is 5.69 Å². The van der Waals surface area contributed by atoms with Gasteiger partial charge in [-0.2, -0.15) is 0 Å². The van der Waals surface area contributed by atoms with Gasteiger partial charge in [0.25, 0.3) is 0 Å². The Morgan fingerprint density at radius 3 is 2.89 bits per heavy atom. The summed E-state index contributed by atoms with van der Waals surface area (Å²) in [4.78, 5) is 4.33. The smallest absolute Gasteiger partial charge is 0.207 e. The fourth-order valence-corrected chi connectivity index (χ4v) is 1.80. The van der Waals surface area contributed by atoms with Gasteiger partial charge < -0.3 is 10.1 Å². The second kappa shape index (κ2) is 6.10. The summed E-state index contributed by atoms with van der Waals surface area (Å²) >= 11 is 0. The molecule has 0 amide bonds. The van der Waals surface area contributed by atoms with Crippen LogP contribution in [0.5, 0.6) is 5.75 Å². The van der Waals surface area contributed by atoms with Gasteiger partial charge in [-0.3, -0.25) is 4.57 Å². The lowest BCUT2D eigenvalue weighted by atomic mass is 10.3. The standard InChI is InChI=1S/C14H19N3O/c1-3-9-15-14-16-10-11-17(14)12-7-5-6-8-13(12)18-4-2/h5-8,10-11H,3-4,9H2,1-2H3,(H,15,16).